The van der Waals surface area contributed by atoms with Gasteiger partial charge in [0.1, 0.15) is 6.10 Å². The molecule has 1 aromatic carbocycles. The molecule has 8 nitrogen and oxygen atoms in total. The number of nitro groups is 1. The van der Waals surface area contributed by atoms with Crippen LogP contribution in [0.4, 0.5) is 5.69 Å². The number of nitrogens with zero attached hydrogens (tertiary/aromatic N) is 1. The highest BCUT2D eigenvalue weighted by Gasteiger charge is 2.33. The highest BCUT2D eigenvalue weighted by Crippen LogP contribution is 2.28. The van der Waals surface area contributed by atoms with Crippen LogP contribution in [0.3, 0.4) is 0 Å². The molecule has 9 heteroatoms. The maximum atomic E-state index is 11.3. The highest BCUT2D eigenvalue weighted by molar-refractivity contribution is 7.75. The lowest BCUT2D eigenvalue weighted by atomic mass is 10.0. The Bertz CT molecular complexity index is 546. The number of rotatable bonds is 3. The molecular weight excluding hydrogens is 288 g/mol. The van der Waals surface area contributed by atoms with E-state index < -0.39 is 28.4 Å². The minimum Gasteiger partial charge on any atom is -0.348 e. The minimum absolute atomic E-state index is 0.0356. The van der Waals surface area contributed by atoms with Crippen molar-refractivity contribution in [2.24, 2.45) is 0 Å². The number of non-ortho nitro benzene ring substituents is 1. The van der Waals surface area contributed by atoms with Crippen LogP contribution >= 0.6 is 0 Å². The maximum absolute atomic E-state index is 11.3. The van der Waals surface area contributed by atoms with Crippen LogP contribution < -0.4 is 5.32 Å². The van der Waals surface area contributed by atoms with Crippen LogP contribution in [0.15, 0.2) is 24.3 Å². The van der Waals surface area contributed by atoms with E-state index in [1.165, 1.54) is 31.2 Å². The van der Waals surface area contributed by atoms with Crippen LogP contribution in [0.2, 0.25) is 0 Å². The lowest BCUT2D eigenvalue weighted by molar-refractivity contribution is -0.384. The van der Waals surface area contributed by atoms with Crippen LogP contribution in [0.25, 0.3) is 0 Å². The van der Waals surface area contributed by atoms with Crippen molar-refractivity contribution in [3.8, 4) is 0 Å². The first-order valence-corrected chi connectivity index (χ1v) is 6.71. The number of benzene rings is 1. The number of carbonyl (C=O) groups excluding carboxylic acids is 1. The summed E-state index contributed by atoms with van der Waals surface area (Å²) in [5, 5.41) is 13.2. The molecule has 1 fully saturated rings. The molecule has 1 aromatic rings. The molecule has 20 heavy (non-hydrogen) atoms. The molecule has 0 aromatic heterocycles. The van der Waals surface area contributed by atoms with Gasteiger partial charge in [0.15, 0.2) is 0 Å². The molecule has 0 unspecified atom stereocenters. The number of carbonyl (C=O) groups is 1. The van der Waals surface area contributed by atoms with E-state index in [1.807, 2.05) is 0 Å². The summed E-state index contributed by atoms with van der Waals surface area (Å²) in [6.45, 7) is 1.38. The normalized spacial score (nSPS) is 25.9. The Balaban J connectivity index is 2.23. The quantitative estimate of drug-likeness (QED) is 0.652. The fourth-order valence-corrected chi connectivity index (χ4v) is 2.58. The maximum Gasteiger partial charge on any atom is 0.305 e. The number of nitro benzene ring substituents is 1. The monoisotopic (exact) mass is 300 g/mol. The van der Waals surface area contributed by atoms with E-state index in [0.717, 1.165) is 0 Å². The Morgan fingerprint density at radius 2 is 2.10 bits per heavy atom. The third-order valence-electron chi connectivity index (χ3n) is 2.71. The summed E-state index contributed by atoms with van der Waals surface area (Å²) in [5.41, 5.74) is 0.518. The first-order chi connectivity index (χ1) is 9.47. The van der Waals surface area contributed by atoms with Crippen LogP contribution in [0.1, 0.15) is 18.6 Å². The van der Waals surface area contributed by atoms with Crippen LogP contribution in [0, 0.1) is 10.1 Å². The fraction of sp³-hybridized carbons (Fsp3) is 0.364. The molecule has 0 spiro atoms. The SMILES string of the molecule is CC(=O)N[C@@H]1CO[S@@](=O)O[C@H]1c1ccc([N+](=O)[O-])cc1. The van der Waals surface area contributed by atoms with Gasteiger partial charge in [-0.1, -0.05) is 0 Å². The largest absolute Gasteiger partial charge is 0.348 e. The molecule has 108 valence electrons. The van der Waals surface area contributed by atoms with E-state index in [9.17, 15) is 19.1 Å². The van der Waals surface area contributed by atoms with E-state index in [2.05, 4.69) is 5.32 Å². The summed E-state index contributed by atoms with van der Waals surface area (Å²) < 4.78 is 21.3. The predicted molar refractivity (Wildman–Crippen MR) is 68.6 cm³/mol. The molecule has 3 atom stereocenters. The van der Waals surface area contributed by atoms with E-state index in [1.54, 1.807) is 0 Å². The molecule has 1 aliphatic rings. The van der Waals surface area contributed by atoms with E-state index in [0.29, 0.717) is 5.56 Å². The van der Waals surface area contributed by atoms with Gasteiger partial charge in [-0.2, -0.15) is 4.21 Å². The van der Waals surface area contributed by atoms with Crippen molar-refractivity contribution in [2.75, 3.05) is 6.61 Å². The van der Waals surface area contributed by atoms with E-state index in [4.69, 9.17) is 8.37 Å². The Morgan fingerprint density at radius 3 is 2.65 bits per heavy atom. The summed E-state index contributed by atoms with van der Waals surface area (Å²) in [6.07, 6.45) is -0.686. The zero-order valence-corrected chi connectivity index (χ0v) is 11.3. The molecule has 0 radical (unpaired) electrons. The third-order valence-corrected chi connectivity index (χ3v) is 3.41. The van der Waals surface area contributed by atoms with Crippen molar-refractivity contribution in [1.82, 2.24) is 5.32 Å². The topological polar surface area (TPSA) is 108 Å². The average molecular weight is 300 g/mol. The average Bonchev–Trinajstić information content (AvgIpc) is 2.40. The van der Waals surface area contributed by atoms with Gasteiger partial charge in [0.05, 0.1) is 17.6 Å². The molecule has 1 heterocycles. The second-order valence-corrected chi connectivity index (χ2v) is 5.00. The molecule has 1 aliphatic heterocycles. The predicted octanol–water partition coefficient (Wildman–Crippen LogP) is 0.766. The molecular formula is C11H12N2O6S. The standard InChI is InChI=1S/C11H12N2O6S/c1-7(14)12-10-6-18-20(17)19-11(10)8-2-4-9(5-3-8)13(15)16/h2-5,10-11H,6H2,1H3,(H,12,14)/t10-,11+,20-/m1/s1. The number of hydrogen-bond acceptors (Lipinski definition) is 6. The van der Waals surface area contributed by atoms with Crippen LogP contribution in [-0.2, 0) is 24.5 Å². The van der Waals surface area contributed by atoms with Crippen molar-refractivity contribution in [1.29, 1.82) is 0 Å². The molecule has 1 amide bonds. The molecule has 1 saturated heterocycles. The molecule has 0 saturated carbocycles. The lowest BCUT2D eigenvalue weighted by Gasteiger charge is -2.30. The summed E-state index contributed by atoms with van der Waals surface area (Å²) in [6, 6.07) is 5.14. The minimum atomic E-state index is -1.91. The van der Waals surface area contributed by atoms with Crippen LogP contribution in [-0.4, -0.2) is 27.7 Å². The first-order valence-electron chi connectivity index (χ1n) is 5.71. The van der Waals surface area contributed by atoms with Crippen molar-refractivity contribution in [2.45, 2.75) is 19.1 Å². The van der Waals surface area contributed by atoms with Crippen molar-refractivity contribution < 1.29 is 22.3 Å². The fourth-order valence-electron chi connectivity index (χ4n) is 1.85. The van der Waals surface area contributed by atoms with Gasteiger partial charge in [-0.25, -0.2) is 0 Å². The zero-order valence-electron chi connectivity index (χ0n) is 10.5. The molecule has 1 N–H and O–H groups in total. The van der Waals surface area contributed by atoms with Gasteiger partial charge in [-0.3, -0.25) is 23.3 Å². The Kier molecular flexibility index (Phi) is 4.42. The number of nitrogens with one attached hydrogen (secondary N) is 1. The van der Waals surface area contributed by atoms with Crippen molar-refractivity contribution in [3.63, 3.8) is 0 Å². The van der Waals surface area contributed by atoms with Gasteiger partial charge >= 0.3 is 11.4 Å². The van der Waals surface area contributed by atoms with E-state index in [-0.39, 0.29) is 18.2 Å². The summed E-state index contributed by atoms with van der Waals surface area (Å²) in [4.78, 5) is 21.2. The van der Waals surface area contributed by atoms with Crippen LogP contribution in [0.5, 0.6) is 0 Å². The van der Waals surface area contributed by atoms with Gasteiger partial charge in [0.2, 0.25) is 5.91 Å². The summed E-state index contributed by atoms with van der Waals surface area (Å²) in [7, 11) is 0. The smallest absolute Gasteiger partial charge is 0.305 e. The Hall–Kier alpha value is -1.84. The van der Waals surface area contributed by atoms with Gasteiger partial charge in [-0.05, 0) is 17.7 Å². The van der Waals surface area contributed by atoms with Gasteiger partial charge in [0, 0.05) is 19.1 Å². The molecule has 0 aliphatic carbocycles. The highest BCUT2D eigenvalue weighted by atomic mass is 32.2. The molecule has 0 bridgehead atoms. The van der Waals surface area contributed by atoms with Crippen molar-refractivity contribution in [3.05, 3.63) is 39.9 Å². The zero-order chi connectivity index (χ0) is 14.7. The Labute approximate surface area is 117 Å². The van der Waals surface area contributed by atoms with Gasteiger partial charge < -0.3 is 5.32 Å². The lowest BCUT2D eigenvalue weighted by Crippen LogP contribution is -2.45. The first kappa shape index (κ1) is 14.6. The number of hydrogen-bond donors (Lipinski definition) is 1. The van der Waals surface area contributed by atoms with Gasteiger partial charge in [0.25, 0.3) is 5.69 Å². The second kappa shape index (κ2) is 6.07. The van der Waals surface area contributed by atoms with E-state index >= 15 is 0 Å². The summed E-state index contributed by atoms with van der Waals surface area (Å²) >= 11 is -1.91. The van der Waals surface area contributed by atoms with Gasteiger partial charge in [-0.15, -0.1) is 0 Å². The summed E-state index contributed by atoms with van der Waals surface area (Å²) in [5.74, 6) is -0.276. The number of amides is 1. The molecule has 2 rings (SSSR count). The van der Waals surface area contributed by atoms with Crippen molar-refractivity contribution >= 4 is 23.0 Å². The third kappa shape index (κ3) is 3.38. The Morgan fingerprint density at radius 1 is 1.45 bits per heavy atom. The second-order valence-electron chi connectivity index (χ2n) is 4.16.